The van der Waals surface area contributed by atoms with Gasteiger partial charge in [0.1, 0.15) is 0 Å². The number of H-pyrrole nitrogens is 1. The molecule has 0 amide bonds. The fraction of sp³-hybridized carbons (Fsp3) is 0.143. The third-order valence-electron chi connectivity index (χ3n) is 3.40. The maximum absolute atomic E-state index is 12.2. The van der Waals surface area contributed by atoms with Gasteiger partial charge in [0, 0.05) is 22.0 Å². The lowest BCUT2D eigenvalue weighted by Gasteiger charge is -2.12. The Balaban J connectivity index is 2.44. The predicted octanol–water partition coefficient (Wildman–Crippen LogP) is 2.88. The van der Waals surface area contributed by atoms with Crippen LogP contribution >= 0.6 is 0 Å². The van der Waals surface area contributed by atoms with Gasteiger partial charge in [-0.25, -0.2) is 0 Å². The first kappa shape index (κ1) is 10.0. The Hall–Kier alpha value is -2.16. The number of fused-ring (bicyclic) bond motifs is 3. The molecule has 3 heteroatoms. The molecule has 1 aliphatic rings. The highest BCUT2D eigenvalue weighted by Gasteiger charge is 2.30. The molecule has 0 spiro atoms. The minimum absolute atomic E-state index is 0.0467. The Morgan fingerprint density at radius 2 is 1.59 bits per heavy atom. The lowest BCUT2D eigenvalue weighted by atomic mass is 9.88. The third-order valence-corrected chi connectivity index (χ3v) is 3.40. The number of para-hydroxylation sites is 1. The zero-order valence-corrected chi connectivity index (χ0v) is 9.63. The summed E-state index contributed by atoms with van der Waals surface area (Å²) in [5, 5.41) is 0.827. The molecule has 2 aromatic rings. The molecule has 1 aliphatic carbocycles. The van der Waals surface area contributed by atoms with Crippen LogP contribution in [0.3, 0.4) is 0 Å². The second-order valence-electron chi connectivity index (χ2n) is 4.33. The van der Waals surface area contributed by atoms with E-state index in [1.54, 1.807) is 13.8 Å². The lowest BCUT2D eigenvalue weighted by molar-refractivity contribution is 0.0973. The maximum atomic E-state index is 12.2. The number of ketones is 2. The molecule has 17 heavy (non-hydrogen) atoms. The van der Waals surface area contributed by atoms with Gasteiger partial charge in [0.25, 0.3) is 0 Å². The molecule has 0 bridgehead atoms. The Bertz CT molecular complexity index is 704. The monoisotopic (exact) mass is 225 g/mol. The number of aromatic amines is 1. The van der Waals surface area contributed by atoms with Crippen LogP contribution in [-0.4, -0.2) is 16.6 Å². The van der Waals surface area contributed by atoms with E-state index in [-0.39, 0.29) is 11.6 Å². The SMILES string of the molecule is CC1=C(C)C(=O)c2c([nH]c3ccccc23)C1=O. The van der Waals surface area contributed by atoms with Crippen LogP contribution in [0.5, 0.6) is 0 Å². The average molecular weight is 225 g/mol. The Morgan fingerprint density at radius 1 is 0.941 bits per heavy atom. The molecule has 3 rings (SSSR count). The fourth-order valence-electron chi connectivity index (χ4n) is 2.26. The van der Waals surface area contributed by atoms with Gasteiger partial charge in [-0.1, -0.05) is 18.2 Å². The molecule has 0 saturated heterocycles. The number of carbonyl (C=O) groups excluding carboxylic acids is 2. The van der Waals surface area contributed by atoms with Gasteiger partial charge < -0.3 is 4.98 Å². The Labute approximate surface area is 98.1 Å². The molecule has 1 aromatic carbocycles. The molecular formula is C14H11NO2. The van der Waals surface area contributed by atoms with Crippen molar-refractivity contribution in [2.45, 2.75) is 13.8 Å². The molecule has 0 radical (unpaired) electrons. The summed E-state index contributed by atoms with van der Waals surface area (Å²) in [6.07, 6.45) is 0. The molecule has 0 fully saturated rings. The first-order valence-corrected chi connectivity index (χ1v) is 5.49. The highest BCUT2D eigenvalue weighted by Crippen LogP contribution is 2.31. The molecule has 84 valence electrons. The molecule has 0 unspecified atom stereocenters. The van der Waals surface area contributed by atoms with Crippen molar-refractivity contribution >= 4 is 22.5 Å². The van der Waals surface area contributed by atoms with Crippen molar-refractivity contribution in [3.63, 3.8) is 0 Å². The Kier molecular flexibility index (Phi) is 1.87. The second kappa shape index (κ2) is 3.17. The van der Waals surface area contributed by atoms with Crippen molar-refractivity contribution in [1.82, 2.24) is 4.98 Å². The molecule has 0 saturated carbocycles. The van der Waals surface area contributed by atoms with E-state index in [9.17, 15) is 9.59 Å². The van der Waals surface area contributed by atoms with Gasteiger partial charge >= 0.3 is 0 Å². The van der Waals surface area contributed by atoms with E-state index >= 15 is 0 Å². The number of hydrogen-bond donors (Lipinski definition) is 1. The van der Waals surface area contributed by atoms with E-state index in [4.69, 9.17) is 0 Å². The van der Waals surface area contributed by atoms with Crippen LogP contribution in [0.1, 0.15) is 34.7 Å². The quantitative estimate of drug-likeness (QED) is 0.749. The average Bonchev–Trinajstić information content (AvgIpc) is 2.73. The van der Waals surface area contributed by atoms with Crippen molar-refractivity contribution in [1.29, 1.82) is 0 Å². The van der Waals surface area contributed by atoms with Crippen molar-refractivity contribution in [2.75, 3.05) is 0 Å². The van der Waals surface area contributed by atoms with Crippen LogP contribution in [0.2, 0.25) is 0 Å². The first-order valence-electron chi connectivity index (χ1n) is 5.49. The normalized spacial score (nSPS) is 15.6. The van der Waals surface area contributed by atoms with E-state index in [1.807, 2.05) is 24.3 Å². The summed E-state index contributed by atoms with van der Waals surface area (Å²) < 4.78 is 0. The zero-order valence-electron chi connectivity index (χ0n) is 9.63. The number of aromatic nitrogens is 1. The van der Waals surface area contributed by atoms with Gasteiger partial charge in [0.15, 0.2) is 5.78 Å². The van der Waals surface area contributed by atoms with Gasteiger partial charge in [-0.15, -0.1) is 0 Å². The van der Waals surface area contributed by atoms with Gasteiger partial charge in [-0.05, 0) is 19.9 Å². The van der Waals surface area contributed by atoms with Crippen molar-refractivity contribution in [2.24, 2.45) is 0 Å². The maximum Gasteiger partial charge on any atom is 0.206 e. The smallest absolute Gasteiger partial charge is 0.206 e. The zero-order chi connectivity index (χ0) is 12.2. The lowest BCUT2D eigenvalue weighted by Crippen LogP contribution is -2.18. The standard InChI is InChI=1S/C14H11NO2/c1-7-8(2)14(17)12-11(13(7)16)9-5-3-4-6-10(9)15-12/h3-6,15H,1-2H3. The predicted molar refractivity (Wildman–Crippen MR) is 65.3 cm³/mol. The summed E-state index contributed by atoms with van der Waals surface area (Å²) in [5.74, 6) is -0.122. The van der Waals surface area contributed by atoms with E-state index in [1.165, 1.54) is 0 Å². The van der Waals surface area contributed by atoms with Crippen LogP contribution in [0.4, 0.5) is 0 Å². The summed E-state index contributed by atoms with van der Waals surface area (Å²) in [4.78, 5) is 27.4. The fourth-order valence-corrected chi connectivity index (χ4v) is 2.26. The number of carbonyl (C=O) groups is 2. The molecule has 0 aliphatic heterocycles. The van der Waals surface area contributed by atoms with Gasteiger partial charge in [0.05, 0.1) is 11.3 Å². The van der Waals surface area contributed by atoms with E-state index < -0.39 is 0 Å². The molecule has 3 nitrogen and oxygen atoms in total. The number of hydrogen-bond acceptors (Lipinski definition) is 2. The second-order valence-corrected chi connectivity index (χ2v) is 4.33. The summed E-state index contributed by atoms with van der Waals surface area (Å²) in [7, 11) is 0. The number of benzene rings is 1. The van der Waals surface area contributed by atoms with Crippen LogP contribution in [0.15, 0.2) is 35.4 Å². The minimum Gasteiger partial charge on any atom is -0.351 e. The van der Waals surface area contributed by atoms with Crippen LogP contribution in [-0.2, 0) is 0 Å². The highest BCUT2D eigenvalue weighted by atomic mass is 16.1. The number of nitrogens with one attached hydrogen (secondary N) is 1. The van der Waals surface area contributed by atoms with E-state index in [2.05, 4.69) is 4.98 Å². The Morgan fingerprint density at radius 3 is 2.35 bits per heavy atom. The van der Waals surface area contributed by atoms with Crippen molar-refractivity contribution in [3.8, 4) is 0 Å². The topological polar surface area (TPSA) is 49.9 Å². The van der Waals surface area contributed by atoms with Crippen LogP contribution in [0.25, 0.3) is 10.9 Å². The van der Waals surface area contributed by atoms with E-state index in [0.717, 1.165) is 10.9 Å². The number of Topliss-reactive ketones (excluding diaryl/α,β-unsaturated/α-hetero) is 2. The highest BCUT2D eigenvalue weighted by molar-refractivity contribution is 6.30. The molecule has 1 heterocycles. The summed E-state index contributed by atoms with van der Waals surface area (Å²) in [5.41, 5.74) is 2.87. The minimum atomic E-state index is -0.0756. The summed E-state index contributed by atoms with van der Waals surface area (Å²) in [6.45, 7) is 3.41. The van der Waals surface area contributed by atoms with Crippen LogP contribution in [0, 0.1) is 0 Å². The molecular weight excluding hydrogens is 214 g/mol. The largest absolute Gasteiger partial charge is 0.351 e. The van der Waals surface area contributed by atoms with E-state index in [0.29, 0.717) is 22.4 Å². The summed E-state index contributed by atoms with van der Waals surface area (Å²) >= 11 is 0. The third kappa shape index (κ3) is 1.16. The molecule has 1 N–H and O–H groups in total. The van der Waals surface area contributed by atoms with Crippen LogP contribution < -0.4 is 0 Å². The molecule has 1 aromatic heterocycles. The number of rotatable bonds is 0. The van der Waals surface area contributed by atoms with Gasteiger partial charge in [-0.3, -0.25) is 9.59 Å². The molecule has 0 atom stereocenters. The van der Waals surface area contributed by atoms with Crippen molar-refractivity contribution < 1.29 is 9.59 Å². The van der Waals surface area contributed by atoms with Gasteiger partial charge in [0.2, 0.25) is 5.78 Å². The first-order chi connectivity index (χ1) is 8.11. The van der Waals surface area contributed by atoms with Gasteiger partial charge in [-0.2, -0.15) is 0 Å². The number of allylic oxidation sites excluding steroid dienone is 2. The van der Waals surface area contributed by atoms with Crippen molar-refractivity contribution in [3.05, 3.63) is 46.7 Å². The summed E-state index contributed by atoms with van der Waals surface area (Å²) in [6, 6.07) is 7.49.